The molecule has 7 heteroatoms. The van der Waals surface area contributed by atoms with E-state index in [-0.39, 0.29) is 11.9 Å². The minimum atomic E-state index is -0.454. The van der Waals surface area contributed by atoms with E-state index in [0.717, 1.165) is 11.3 Å². The molecule has 0 spiro atoms. The van der Waals surface area contributed by atoms with Gasteiger partial charge in [-0.25, -0.2) is 4.79 Å². The second kappa shape index (κ2) is 6.29. The van der Waals surface area contributed by atoms with Gasteiger partial charge < -0.3 is 25.0 Å². The Morgan fingerprint density at radius 2 is 1.96 bits per heavy atom. The highest BCUT2D eigenvalue weighted by Crippen LogP contribution is 2.32. The van der Waals surface area contributed by atoms with Crippen LogP contribution < -0.4 is 15.4 Å². The molecule has 3 amide bonds. The molecule has 1 atom stereocenters. The molecule has 2 aliphatic rings. The van der Waals surface area contributed by atoms with Crippen molar-refractivity contribution in [3.63, 3.8) is 0 Å². The Kier molecular flexibility index (Phi) is 4.20. The number of benzene rings is 1. The molecule has 0 aliphatic carbocycles. The van der Waals surface area contributed by atoms with Crippen molar-refractivity contribution in [1.82, 2.24) is 15.5 Å². The predicted molar refractivity (Wildman–Crippen MR) is 82.9 cm³/mol. The lowest BCUT2D eigenvalue weighted by Crippen LogP contribution is -2.44. The first-order valence-electron chi connectivity index (χ1n) is 7.36. The van der Waals surface area contributed by atoms with Gasteiger partial charge in [-0.1, -0.05) is 12.1 Å². The van der Waals surface area contributed by atoms with E-state index in [9.17, 15) is 9.59 Å². The predicted octanol–water partition coefficient (Wildman–Crippen LogP) is 0.792. The highest BCUT2D eigenvalue weighted by molar-refractivity contribution is 6.01. The van der Waals surface area contributed by atoms with Gasteiger partial charge in [0.25, 0.3) is 5.91 Å². The number of carbonyl (C=O) groups excluding carboxylic acids is 2. The number of urea groups is 1. The van der Waals surface area contributed by atoms with Crippen LogP contribution in [0.5, 0.6) is 5.75 Å². The SMILES string of the molecule is COCCN1CC2=C(C1=O)[C@H](c1ccc(OC)cc1)NC(=O)N2. The van der Waals surface area contributed by atoms with Gasteiger partial charge in [0.1, 0.15) is 5.75 Å². The van der Waals surface area contributed by atoms with Crippen molar-refractivity contribution in [2.75, 3.05) is 33.9 Å². The van der Waals surface area contributed by atoms with Crippen LogP contribution in [-0.4, -0.2) is 50.8 Å². The van der Waals surface area contributed by atoms with Crippen LogP contribution in [0, 0.1) is 0 Å². The van der Waals surface area contributed by atoms with Crippen LogP contribution >= 0.6 is 0 Å². The fraction of sp³-hybridized carbons (Fsp3) is 0.375. The first kappa shape index (κ1) is 15.4. The summed E-state index contributed by atoms with van der Waals surface area (Å²) in [5.74, 6) is 0.646. The summed E-state index contributed by atoms with van der Waals surface area (Å²) in [6.45, 7) is 1.35. The molecular formula is C16H19N3O4. The van der Waals surface area contributed by atoms with Gasteiger partial charge in [0.15, 0.2) is 0 Å². The number of ether oxygens (including phenoxy) is 2. The Morgan fingerprint density at radius 3 is 2.61 bits per heavy atom. The molecule has 1 aromatic rings. The van der Waals surface area contributed by atoms with E-state index in [1.165, 1.54) is 0 Å². The molecule has 0 radical (unpaired) electrons. The van der Waals surface area contributed by atoms with Crippen LogP contribution in [0.15, 0.2) is 35.5 Å². The molecule has 1 aromatic carbocycles. The molecule has 3 rings (SSSR count). The Labute approximate surface area is 134 Å². The molecule has 23 heavy (non-hydrogen) atoms. The molecule has 2 aliphatic heterocycles. The summed E-state index contributed by atoms with van der Waals surface area (Å²) >= 11 is 0. The maximum Gasteiger partial charge on any atom is 0.319 e. The monoisotopic (exact) mass is 317 g/mol. The second-order valence-corrected chi connectivity index (χ2v) is 5.42. The third-order valence-corrected chi connectivity index (χ3v) is 4.03. The summed E-state index contributed by atoms with van der Waals surface area (Å²) in [4.78, 5) is 26.2. The minimum Gasteiger partial charge on any atom is -0.497 e. The number of nitrogens with one attached hydrogen (secondary N) is 2. The van der Waals surface area contributed by atoms with Crippen molar-refractivity contribution in [1.29, 1.82) is 0 Å². The summed E-state index contributed by atoms with van der Waals surface area (Å²) in [5, 5.41) is 5.56. The van der Waals surface area contributed by atoms with Gasteiger partial charge in [-0.2, -0.15) is 0 Å². The van der Waals surface area contributed by atoms with E-state index in [2.05, 4.69) is 10.6 Å². The average molecular weight is 317 g/mol. The second-order valence-electron chi connectivity index (χ2n) is 5.42. The third kappa shape index (κ3) is 2.87. The largest absolute Gasteiger partial charge is 0.497 e. The van der Waals surface area contributed by atoms with Crippen LogP contribution in [0.2, 0.25) is 0 Å². The van der Waals surface area contributed by atoms with E-state index < -0.39 is 6.04 Å². The highest BCUT2D eigenvalue weighted by Gasteiger charge is 2.40. The molecule has 7 nitrogen and oxygen atoms in total. The summed E-state index contributed by atoms with van der Waals surface area (Å²) in [5.41, 5.74) is 2.09. The van der Waals surface area contributed by atoms with Crippen LogP contribution in [0.3, 0.4) is 0 Å². The number of nitrogens with zero attached hydrogens (tertiary/aromatic N) is 1. The molecule has 0 fully saturated rings. The zero-order chi connectivity index (χ0) is 16.4. The van der Waals surface area contributed by atoms with E-state index in [4.69, 9.17) is 9.47 Å². The Balaban J connectivity index is 1.89. The number of carbonyl (C=O) groups is 2. The van der Waals surface area contributed by atoms with Crippen molar-refractivity contribution in [3.05, 3.63) is 41.1 Å². The topological polar surface area (TPSA) is 79.9 Å². The summed E-state index contributed by atoms with van der Waals surface area (Å²) < 4.78 is 10.2. The zero-order valence-corrected chi connectivity index (χ0v) is 13.1. The van der Waals surface area contributed by atoms with Gasteiger partial charge in [0, 0.05) is 13.7 Å². The van der Waals surface area contributed by atoms with Crippen molar-refractivity contribution in [2.24, 2.45) is 0 Å². The summed E-state index contributed by atoms with van der Waals surface area (Å²) in [6, 6.07) is 6.57. The van der Waals surface area contributed by atoms with Gasteiger partial charge in [-0.3, -0.25) is 4.79 Å². The number of amides is 3. The molecular weight excluding hydrogens is 298 g/mol. The van der Waals surface area contributed by atoms with Gasteiger partial charge in [-0.05, 0) is 17.7 Å². The molecule has 0 aromatic heterocycles. The van der Waals surface area contributed by atoms with E-state index in [1.54, 1.807) is 19.1 Å². The van der Waals surface area contributed by atoms with Crippen LogP contribution in [0.4, 0.5) is 4.79 Å². The van der Waals surface area contributed by atoms with Crippen molar-refractivity contribution < 1.29 is 19.1 Å². The Morgan fingerprint density at radius 1 is 1.22 bits per heavy atom. The number of rotatable bonds is 5. The Hall–Kier alpha value is -2.54. The fourth-order valence-electron chi connectivity index (χ4n) is 2.86. The van der Waals surface area contributed by atoms with Gasteiger partial charge in [0.05, 0.1) is 37.6 Å². The lowest BCUT2D eigenvalue weighted by Gasteiger charge is -2.25. The molecule has 0 bridgehead atoms. The third-order valence-electron chi connectivity index (χ3n) is 4.03. The molecule has 122 valence electrons. The van der Waals surface area contributed by atoms with Crippen LogP contribution in [0.25, 0.3) is 0 Å². The number of hydrogen-bond donors (Lipinski definition) is 2. The van der Waals surface area contributed by atoms with Crippen molar-refractivity contribution >= 4 is 11.9 Å². The normalized spacial score (nSPS) is 20.3. The first-order chi connectivity index (χ1) is 11.1. The number of hydrogen-bond acceptors (Lipinski definition) is 4. The summed E-state index contributed by atoms with van der Waals surface area (Å²) in [7, 11) is 3.19. The van der Waals surface area contributed by atoms with E-state index in [0.29, 0.717) is 31.0 Å². The number of methoxy groups -OCH3 is 2. The molecule has 2 N–H and O–H groups in total. The molecule has 0 saturated heterocycles. The smallest absolute Gasteiger partial charge is 0.319 e. The van der Waals surface area contributed by atoms with E-state index in [1.807, 2.05) is 24.3 Å². The summed E-state index contributed by atoms with van der Waals surface area (Å²) in [6.07, 6.45) is 0. The minimum absolute atomic E-state index is 0.0784. The first-order valence-corrected chi connectivity index (χ1v) is 7.36. The molecule has 0 saturated carbocycles. The maximum atomic E-state index is 12.7. The maximum absolute atomic E-state index is 12.7. The standard InChI is InChI=1S/C16H19N3O4/c1-22-8-7-19-9-12-13(15(19)20)14(18-16(21)17-12)10-3-5-11(23-2)6-4-10/h3-6,14H,7-9H2,1-2H3,(H2,17,18,21)/t14-/m0/s1. The lowest BCUT2D eigenvalue weighted by molar-refractivity contribution is -0.126. The van der Waals surface area contributed by atoms with Crippen LogP contribution in [-0.2, 0) is 9.53 Å². The molecule has 0 unspecified atom stereocenters. The zero-order valence-electron chi connectivity index (χ0n) is 13.1. The van der Waals surface area contributed by atoms with Gasteiger partial charge >= 0.3 is 6.03 Å². The highest BCUT2D eigenvalue weighted by atomic mass is 16.5. The molecule has 2 heterocycles. The van der Waals surface area contributed by atoms with Gasteiger partial charge in [-0.15, -0.1) is 0 Å². The van der Waals surface area contributed by atoms with E-state index >= 15 is 0 Å². The van der Waals surface area contributed by atoms with Crippen molar-refractivity contribution in [3.8, 4) is 5.75 Å². The van der Waals surface area contributed by atoms with Gasteiger partial charge in [0.2, 0.25) is 0 Å². The van der Waals surface area contributed by atoms with Crippen LogP contribution in [0.1, 0.15) is 11.6 Å². The lowest BCUT2D eigenvalue weighted by atomic mass is 9.96. The average Bonchev–Trinajstić information content (AvgIpc) is 2.88. The quantitative estimate of drug-likeness (QED) is 0.841. The Bertz CT molecular complexity index is 654. The fourth-order valence-corrected chi connectivity index (χ4v) is 2.86. The van der Waals surface area contributed by atoms with Crippen molar-refractivity contribution in [2.45, 2.75) is 6.04 Å².